The molecule has 1 heterocycles. The van der Waals surface area contributed by atoms with Crippen LogP contribution in [0.5, 0.6) is 5.75 Å². The van der Waals surface area contributed by atoms with Crippen LogP contribution in [0.3, 0.4) is 0 Å². The van der Waals surface area contributed by atoms with Gasteiger partial charge in [-0.1, -0.05) is 12.1 Å². The van der Waals surface area contributed by atoms with Gasteiger partial charge in [-0.25, -0.2) is 0 Å². The van der Waals surface area contributed by atoms with E-state index in [1.54, 1.807) is 7.11 Å². The maximum atomic E-state index is 5.33. The zero-order valence-corrected chi connectivity index (χ0v) is 12.6. The Kier molecular flexibility index (Phi) is 4.48. The SMILES string of the molecule is CNC1(Cc2ccc(OC)c(C)c2)CCCN(C)C1. The number of methoxy groups -OCH3 is 1. The van der Waals surface area contributed by atoms with Crippen molar-refractivity contribution in [2.45, 2.75) is 31.7 Å². The number of likely N-dealkylation sites (tertiary alicyclic amines) is 1. The number of benzene rings is 1. The third kappa shape index (κ3) is 3.28. The molecule has 1 unspecified atom stereocenters. The summed E-state index contributed by atoms with van der Waals surface area (Å²) in [6.45, 7) is 4.45. The molecule has 106 valence electrons. The van der Waals surface area contributed by atoms with Gasteiger partial charge in [-0.15, -0.1) is 0 Å². The van der Waals surface area contributed by atoms with Crippen LogP contribution in [0.1, 0.15) is 24.0 Å². The molecule has 1 fully saturated rings. The van der Waals surface area contributed by atoms with Crippen LogP contribution in [-0.4, -0.2) is 44.7 Å². The van der Waals surface area contributed by atoms with Gasteiger partial charge in [0.25, 0.3) is 0 Å². The molecule has 0 amide bonds. The van der Waals surface area contributed by atoms with Crippen LogP contribution >= 0.6 is 0 Å². The van der Waals surface area contributed by atoms with Gasteiger partial charge in [-0.2, -0.15) is 0 Å². The lowest BCUT2D eigenvalue weighted by atomic mass is 9.83. The highest BCUT2D eigenvalue weighted by atomic mass is 16.5. The Labute approximate surface area is 116 Å². The molecule has 1 aliphatic heterocycles. The summed E-state index contributed by atoms with van der Waals surface area (Å²) in [6.07, 6.45) is 3.60. The van der Waals surface area contributed by atoms with Crippen molar-refractivity contribution in [1.82, 2.24) is 10.2 Å². The summed E-state index contributed by atoms with van der Waals surface area (Å²) >= 11 is 0. The predicted octanol–water partition coefficient (Wildman–Crippen LogP) is 2.23. The van der Waals surface area contributed by atoms with Crippen molar-refractivity contribution >= 4 is 0 Å². The van der Waals surface area contributed by atoms with Gasteiger partial charge in [0.15, 0.2) is 0 Å². The molecule has 1 aromatic rings. The normalized spacial score (nSPS) is 24.4. The molecular formula is C16H26N2O. The molecule has 0 aromatic heterocycles. The largest absolute Gasteiger partial charge is 0.496 e. The minimum absolute atomic E-state index is 0.216. The molecule has 3 nitrogen and oxygen atoms in total. The molecule has 3 heteroatoms. The Hall–Kier alpha value is -1.06. The van der Waals surface area contributed by atoms with Crippen LogP contribution in [0.15, 0.2) is 18.2 Å². The van der Waals surface area contributed by atoms with E-state index in [0.717, 1.165) is 18.7 Å². The van der Waals surface area contributed by atoms with Gasteiger partial charge < -0.3 is 15.0 Å². The van der Waals surface area contributed by atoms with Crippen LogP contribution in [-0.2, 0) is 6.42 Å². The third-order valence-electron chi connectivity index (χ3n) is 4.30. The third-order valence-corrected chi connectivity index (χ3v) is 4.30. The van der Waals surface area contributed by atoms with Gasteiger partial charge >= 0.3 is 0 Å². The van der Waals surface area contributed by atoms with E-state index < -0.39 is 0 Å². The van der Waals surface area contributed by atoms with Crippen LogP contribution < -0.4 is 10.1 Å². The fraction of sp³-hybridized carbons (Fsp3) is 0.625. The molecule has 19 heavy (non-hydrogen) atoms. The average Bonchev–Trinajstić information content (AvgIpc) is 2.39. The minimum Gasteiger partial charge on any atom is -0.496 e. The van der Waals surface area contributed by atoms with Crippen LogP contribution in [0, 0.1) is 6.92 Å². The standard InChI is InChI=1S/C16H26N2O/c1-13-10-14(6-7-15(13)19-4)11-16(17-2)8-5-9-18(3)12-16/h6-7,10,17H,5,8-9,11-12H2,1-4H3. The molecule has 0 radical (unpaired) electrons. The Balaban J connectivity index is 2.16. The van der Waals surface area contributed by atoms with E-state index in [9.17, 15) is 0 Å². The molecule has 1 N–H and O–H groups in total. The quantitative estimate of drug-likeness (QED) is 0.900. The summed E-state index contributed by atoms with van der Waals surface area (Å²) in [4.78, 5) is 2.43. The second-order valence-corrected chi connectivity index (χ2v) is 5.85. The maximum absolute atomic E-state index is 5.33. The first kappa shape index (κ1) is 14.4. The summed E-state index contributed by atoms with van der Waals surface area (Å²) < 4.78 is 5.33. The van der Waals surface area contributed by atoms with E-state index in [0.29, 0.717) is 0 Å². The fourth-order valence-corrected chi connectivity index (χ4v) is 3.24. The minimum atomic E-state index is 0.216. The highest BCUT2D eigenvalue weighted by Gasteiger charge is 2.32. The van der Waals surface area contributed by atoms with E-state index in [2.05, 4.69) is 49.4 Å². The average molecular weight is 262 g/mol. The number of nitrogens with one attached hydrogen (secondary N) is 1. The number of aryl methyl sites for hydroxylation is 1. The lowest BCUT2D eigenvalue weighted by Crippen LogP contribution is -2.56. The second kappa shape index (κ2) is 5.93. The van der Waals surface area contributed by atoms with Crippen molar-refractivity contribution in [3.8, 4) is 5.75 Å². The molecule has 1 aromatic carbocycles. The number of hydrogen-bond donors (Lipinski definition) is 1. The fourth-order valence-electron chi connectivity index (χ4n) is 3.24. The molecule has 1 atom stereocenters. The van der Waals surface area contributed by atoms with E-state index in [1.165, 1.54) is 30.5 Å². The molecule has 0 saturated carbocycles. The summed E-state index contributed by atoms with van der Waals surface area (Å²) in [5.41, 5.74) is 2.83. The molecule has 0 spiro atoms. The Morgan fingerprint density at radius 3 is 2.79 bits per heavy atom. The Morgan fingerprint density at radius 2 is 2.21 bits per heavy atom. The van der Waals surface area contributed by atoms with Crippen molar-refractivity contribution in [3.05, 3.63) is 29.3 Å². The van der Waals surface area contributed by atoms with Crippen LogP contribution in [0.25, 0.3) is 0 Å². The van der Waals surface area contributed by atoms with Gasteiger partial charge in [-0.05, 0) is 64.0 Å². The first-order chi connectivity index (χ1) is 9.08. The van der Waals surface area contributed by atoms with Crippen LogP contribution in [0.4, 0.5) is 0 Å². The topological polar surface area (TPSA) is 24.5 Å². The van der Waals surface area contributed by atoms with E-state index in [1.807, 2.05) is 0 Å². The van der Waals surface area contributed by atoms with Crippen molar-refractivity contribution in [2.24, 2.45) is 0 Å². The number of hydrogen-bond acceptors (Lipinski definition) is 3. The number of nitrogens with zero attached hydrogens (tertiary/aromatic N) is 1. The van der Waals surface area contributed by atoms with E-state index in [-0.39, 0.29) is 5.54 Å². The molecular weight excluding hydrogens is 236 g/mol. The summed E-state index contributed by atoms with van der Waals surface area (Å²) in [7, 11) is 6.03. The summed E-state index contributed by atoms with van der Waals surface area (Å²) in [5, 5.41) is 3.57. The van der Waals surface area contributed by atoms with Gasteiger partial charge in [0.1, 0.15) is 5.75 Å². The molecule has 1 aliphatic rings. The second-order valence-electron chi connectivity index (χ2n) is 5.85. The molecule has 0 bridgehead atoms. The van der Waals surface area contributed by atoms with Crippen LogP contribution in [0.2, 0.25) is 0 Å². The summed E-state index contributed by atoms with van der Waals surface area (Å²) in [5.74, 6) is 0.975. The number of ether oxygens (including phenoxy) is 1. The van der Waals surface area contributed by atoms with Gasteiger partial charge in [0, 0.05) is 12.1 Å². The molecule has 0 aliphatic carbocycles. The van der Waals surface area contributed by atoms with Crippen molar-refractivity contribution < 1.29 is 4.74 Å². The maximum Gasteiger partial charge on any atom is 0.121 e. The first-order valence-electron chi connectivity index (χ1n) is 7.09. The lowest BCUT2D eigenvalue weighted by Gasteiger charge is -2.41. The van der Waals surface area contributed by atoms with Gasteiger partial charge in [-0.3, -0.25) is 0 Å². The van der Waals surface area contributed by atoms with E-state index in [4.69, 9.17) is 4.74 Å². The van der Waals surface area contributed by atoms with Gasteiger partial charge in [0.05, 0.1) is 7.11 Å². The Morgan fingerprint density at radius 1 is 1.42 bits per heavy atom. The smallest absolute Gasteiger partial charge is 0.121 e. The first-order valence-corrected chi connectivity index (χ1v) is 7.09. The number of piperidine rings is 1. The summed E-state index contributed by atoms with van der Waals surface area (Å²) in [6, 6.07) is 6.53. The van der Waals surface area contributed by atoms with E-state index >= 15 is 0 Å². The highest BCUT2D eigenvalue weighted by molar-refractivity contribution is 5.37. The van der Waals surface area contributed by atoms with Gasteiger partial charge in [0.2, 0.25) is 0 Å². The molecule has 2 rings (SSSR count). The number of rotatable bonds is 4. The monoisotopic (exact) mass is 262 g/mol. The van der Waals surface area contributed by atoms with Crippen molar-refractivity contribution in [2.75, 3.05) is 34.3 Å². The zero-order chi connectivity index (χ0) is 13.9. The Bertz CT molecular complexity index is 433. The lowest BCUT2D eigenvalue weighted by molar-refractivity contribution is 0.151. The predicted molar refractivity (Wildman–Crippen MR) is 80.0 cm³/mol. The zero-order valence-electron chi connectivity index (χ0n) is 12.6. The van der Waals surface area contributed by atoms with Crippen molar-refractivity contribution in [3.63, 3.8) is 0 Å². The highest BCUT2D eigenvalue weighted by Crippen LogP contribution is 2.26. The van der Waals surface area contributed by atoms with Crippen molar-refractivity contribution in [1.29, 1.82) is 0 Å². The number of likely N-dealkylation sites (N-methyl/N-ethyl adjacent to an activating group) is 2. The molecule has 1 saturated heterocycles.